The number of aryl methyl sites for hydroxylation is 1. The standard InChI is InChI=1S/C29H32N4O3S2/c1-18-14-20(16-21(15-18)32-27-30-12-9-22(33-27)23-6-5-13-37-23)24-17-31-26(38-24)29(35)10-7-19(8-11-29)25(34)36-28(2,3)4/h5-6,9,12-17,19,35H,7-8,10-11H2,1-4H3,(H,30,32,33). The molecule has 1 aromatic carbocycles. The summed E-state index contributed by atoms with van der Waals surface area (Å²) in [7, 11) is 0. The number of nitrogens with one attached hydrogen (secondary N) is 1. The minimum Gasteiger partial charge on any atom is -0.460 e. The Labute approximate surface area is 231 Å². The highest BCUT2D eigenvalue weighted by atomic mass is 32.1. The minimum atomic E-state index is -1.03. The van der Waals surface area contributed by atoms with Gasteiger partial charge in [-0.05, 0) is 94.2 Å². The first-order valence-corrected chi connectivity index (χ1v) is 14.5. The molecule has 1 aliphatic carbocycles. The molecule has 4 aromatic rings. The van der Waals surface area contributed by atoms with Crippen LogP contribution in [0.1, 0.15) is 57.0 Å². The molecule has 2 N–H and O–H groups in total. The predicted molar refractivity (Wildman–Crippen MR) is 153 cm³/mol. The third kappa shape index (κ3) is 6.11. The highest BCUT2D eigenvalue weighted by Crippen LogP contribution is 2.43. The molecule has 0 bridgehead atoms. The number of carbonyl (C=O) groups excluding carboxylic acids is 1. The van der Waals surface area contributed by atoms with Crippen LogP contribution < -0.4 is 5.32 Å². The molecule has 0 unspecified atom stereocenters. The Kier molecular flexibility index (Phi) is 7.35. The number of hydrogen-bond donors (Lipinski definition) is 2. The summed E-state index contributed by atoms with van der Waals surface area (Å²) in [5.74, 6) is 0.178. The monoisotopic (exact) mass is 548 g/mol. The van der Waals surface area contributed by atoms with Crippen molar-refractivity contribution in [3.8, 4) is 21.0 Å². The van der Waals surface area contributed by atoms with E-state index < -0.39 is 11.2 Å². The van der Waals surface area contributed by atoms with Crippen molar-refractivity contribution in [3.05, 3.63) is 64.7 Å². The summed E-state index contributed by atoms with van der Waals surface area (Å²) in [5, 5.41) is 17.5. The fourth-order valence-electron chi connectivity index (χ4n) is 4.66. The largest absolute Gasteiger partial charge is 0.460 e. The molecule has 0 spiro atoms. The molecule has 7 nitrogen and oxygen atoms in total. The van der Waals surface area contributed by atoms with Crippen LogP contribution in [-0.4, -0.2) is 31.6 Å². The molecule has 0 atom stereocenters. The van der Waals surface area contributed by atoms with Gasteiger partial charge in [-0.25, -0.2) is 15.0 Å². The highest BCUT2D eigenvalue weighted by molar-refractivity contribution is 7.15. The zero-order valence-electron chi connectivity index (χ0n) is 22.0. The average molecular weight is 549 g/mol. The van der Waals surface area contributed by atoms with E-state index in [0.29, 0.717) is 36.6 Å². The van der Waals surface area contributed by atoms with Crippen LogP contribution in [0.25, 0.3) is 21.0 Å². The molecule has 198 valence electrons. The first kappa shape index (κ1) is 26.5. The lowest BCUT2D eigenvalue weighted by Crippen LogP contribution is -2.36. The van der Waals surface area contributed by atoms with Crippen molar-refractivity contribution in [2.45, 2.75) is 64.6 Å². The van der Waals surface area contributed by atoms with Gasteiger partial charge in [0.1, 0.15) is 16.2 Å². The number of rotatable bonds is 6. The molecule has 3 aromatic heterocycles. The molecule has 0 amide bonds. The summed E-state index contributed by atoms with van der Waals surface area (Å²) in [4.78, 5) is 28.2. The Morgan fingerprint density at radius 2 is 1.92 bits per heavy atom. The number of thiophene rings is 1. The van der Waals surface area contributed by atoms with E-state index >= 15 is 0 Å². The van der Waals surface area contributed by atoms with Gasteiger partial charge in [0.2, 0.25) is 5.95 Å². The lowest BCUT2D eigenvalue weighted by atomic mass is 9.79. The quantitative estimate of drug-likeness (QED) is 0.248. The molecule has 3 heterocycles. The second-order valence-corrected chi connectivity index (χ2v) is 12.8. The lowest BCUT2D eigenvalue weighted by Gasteiger charge is -2.34. The first-order chi connectivity index (χ1) is 18.1. The molecule has 1 fully saturated rings. The number of ether oxygens (including phenoxy) is 1. The number of aliphatic hydroxyl groups is 1. The van der Waals surface area contributed by atoms with E-state index in [1.54, 1.807) is 17.5 Å². The summed E-state index contributed by atoms with van der Waals surface area (Å²) in [5.41, 5.74) is 2.34. The molecule has 0 aliphatic heterocycles. The topological polar surface area (TPSA) is 97.2 Å². The van der Waals surface area contributed by atoms with Crippen molar-refractivity contribution in [2.24, 2.45) is 5.92 Å². The maximum Gasteiger partial charge on any atom is 0.309 e. The number of carbonyl (C=O) groups is 1. The van der Waals surface area contributed by atoms with Gasteiger partial charge in [0.25, 0.3) is 0 Å². The molecule has 9 heteroatoms. The van der Waals surface area contributed by atoms with Gasteiger partial charge in [0, 0.05) is 18.1 Å². The van der Waals surface area contributed by atoms with Crippen LogP contribution in [0.4, 0.5) is 11.6 Å². The average Bonchev–Trinajstić information content (AvgIpc) is 3.56. The highest BCUT2D eigenvalue weighted by Gasteiger charge is 2.40. The number of anilines is 2. The van der Waals surface area contributed by atoms with Crippen LogP contribution in [0.3, 0.4) is 0 Å². The fourth-order valence-corrected chi connectivity index (χ4v) is 6.40. The van der Waals surface area contributed by atoms with Gasteiger partial charge >= 0.3 is 5.97 Å². The van der Waals surface area contributed by atoms with E-state index in [2.05, 4.69) is 38.5 Å². The molecule has 38 heavy (non-hydrogen) atoms. The SMILES string of the molecule is Cc1cc(Nc2nccc(-c3cccs3)n2)cc(-c2cnc(C3(O)CCC(C(=O)OC(C)(C)C)CC3)s2)c1. The van der Waals surface area contributed by atoms with Crippen molar-refractivity contribution >= 4 is 40.3 Å². The Morgan fingerprint density at radius 1 is 1.13 bits per heavy atom. The van der Waals surface area contributed by atoms with Crippen LogP contribution >= 0.6 is 22.7 Å². The molecule has 0 radical (unpaired) electrons. The van der Waals surface area contributed by atoms with E-state index in [1.165, 1.54) is 11.3 Å². The van der Waals surface area contributed by atoms with Gasteiger partial charge in [-0.1, -0.05) is 12.1 Å². The van der Waals surface area contributed by atoms with Gasteiger partial charge in [0.05, 0.1) is 21.4 Å². The lowest BCUT2D eigenvalue weighted by molar-refractivity contribution is -0.163. The van der Waals surface area contributed by atoms with Gasteiger partial charge in [0.15, 0.2) is 0 Å². The first-order valence-electron chi connectivity index (χ1n) is 12.8. The van der Waals surface area contributed by atoms with Crippen LogP contribution in [0, 0.1) is 12.8 Å². The van der Waals surface area contributed by atoms with E-state index in [0.717, 1.165) is 32.3 Å². The maximum absolute atomic E-state index is 12.5. The second-order valence-electron chi connectivity index (χ2n) is 10.8. The van der Waals surface area contributed by atoms with Gasteiger partial charge in [-0.15, -0.1) is 22.7 Å². The van der Waals surface area contributed by atoms with Crippen molar-refractivity contribution < 1.29 is 14.6 Å². The van der Waals surface area contributed by atoms with Gasteiger partial charge < -0.3 is 15.2 Å². The second kappa shape index (κ2) is 10.6. The predicted octanol–water partition coefficient (Wildman–Crippen LogP) is 7.10. The van der Waals surface area contributed by atoms with Crippen molar-refractivity contribution in [1.29, 1.82) is 0 Å². The number of benzene rings is 1. The zero-order valence-corrected chi connectivity index (χ0v) is 23.7. The normalized spacial score (nSPS) is 19.8. The van der Waals surface area contributed by atoms with Crippen LogP contribution in [0.2, 0.25) is 0 Å². The minimum absolute atomic E-state index is 0.177. The van der Waals surface area contributed by atoms with E-state index in [9.17, 15) is 9.90 Å². The molecule has 5 rings (SSSR count). The Bertz CT molecular complexity index is 1420. The number of nitrogens with zero attached hydrogens (tertiary/aromatic N) is 3. The molecule has 0 saturated heterocycles. The Balaban J connectivity index is 1.30. The molecule has 1 saturated carbocycles. The number of esters is 1. The summed E-state index contributed by atoms with van der Waals surface area (Å²) >= 11 is 3.14. The van der Waals surface area contributed by atoms with E-state index in [1.807, 2.05) is 57.5 Å². The van der Waals surface area contributed by atoms with Crippen molar-refractivity contribution in [1.82, 2.24) is 15.0 Å². The Morgan fingerprint density at radius 3 is 2.63 bits per heavy atom. The van der Waals surface area contributed by atoms with Crippen LogP contribution in [0.5, 0.6) is 0 Å². The molecular weight excluding hydrogens is 516 g/mol. The third-order valence-corrected chi connectivity index (χ3v) is 8.64. The number of hydrogen-bond acceptors (Lipinski definition) is 9. The summed E-state index contributed by atoms with van der Waals surface area (Å²) < 4.78 is 5.56. The van der Waals surface area contributed by atoms with E-state index in [4.69, 9.17) is 4.74 Å². The van der Waals surface area contributed by atoms with Gasteiger partial charge in [-0.2, -0.15) is 0 Å². The number of thiazole rings is 1. The summed E-state index contributed by atoms with van der Waals surface area (Å²) in [6.45, 7) is 7.68. The van der Waals surface area contributed by atoms with E-state index in [-0.39, 0.29) is 11.9 Å². The molecular formula is C29H32N4O3S2. The van der Waals surface area contributed by atoms with Crippen molar-refractivity contribution in [2.75, 3.05) is 5.32 Å². The Hall–Kier alpha value is -3.14. The third-order valence-electron chi connectivity index (χ3n) is 6.50. The van der Waals surface area contributed by atoms with Gasteiger partial charge in [-0.3, -0.25) is 4.79 Å². The van der Waals surface area contributed by atoms with Crippen molar-refractivity contribution in [3.63, 3.8) is 0 Å². The smallest absolute Gasteiger partial charge is 0.309 e. The maximum atomic E-state index is 12.5. The fraction of sp³-hybridized carbons (Fsp3) is 0.379. The zero-order chi connectivity index (χ0) is 26.9. The molecule has 1 aliphatic rings. The van der Waals surface area contributed by atoms with Crippen LogP contribution in [0.15, 0.2) is 54.2 Å². The number of aromatic nitrogens is 3. The van der Waals surface area contributed by atoms with Crippen LogP contribution in [-0.2, 0) is 15.1 Å². The summed E-state index contributed by atoms with van der Waals surface area (Å²) in [6, 6.07) is 12.2. The summed E-state index contributed by atoms with van der Waals surface area (Å²) in [6.07, 6.45) is 5.73.